The monoisotopic (exact) mass is 235 g/mol. The lowest BCUT2D eigenvalue weighted by Crippen LogP contribution is -2.49. The van der Waals surface area contributed by atoms with E-state index in [2.05, 4.69) is 34.1 Å². The second kappa shape index (κ2) is 5.33. The fourth-order valence-electron chi connectivity index (χ4n) is 2.15. The fourth-order valence-corrected chi connectivity index (χ4v) is 2.15. The number of hydrogen-bond acceptors (Lipinski definition) is 5. The van der Waals surface area contributed by atoms with Crippen LogP contribution in [-0.2, 0) is 0 Å². The number of nitrogens with zero attached hydrogens (tertiary/aromatic N) is 3. The molecule has 0 bridgehead atoms. The molecule has 0 aliphatic carbocycles. The molecule has 0 spiro atoms. The first-order valence-corrected chi connectivity index (χ1v) is 6.13. The van der Waals surface area contributed by atoms with Crippen molar-refractivity contribution in [3.05, 3.63) is 18.2 Å². The zero-order valence-electron chi connectivity index (χ0n) is 10.6. The topological polar surface area (TPSA) is 57.4 Å². The van der Waals surface area contributed by atoms with Crippen LogP contribution in [0.3, 0.4) is 0 Å². The molecule has 0 amide bonds. The Bertz CT molecular complexity index is 358. The molecule has 1 fully saturated rings. The molecule has 1 saturated heterocycles. The van der Waals surface area contributed by atoms with Gasteiger partial charge in [0.05, 0.1) is 0 Å². The second-order valence-corrected chi connectivity index (χ2v) is 4.64. The summed E-state index contributed by atoms with van der Waals surface area (Å²) in [6, 6.07) is 6.51. The smallest absolute Gasteiger partial charge is 0.142 e. The third-order valence-electron chi connectivity index (χ3n) is 3.25. The van der Waals surface area contributed by atoms with Gasteiger partial charge in [-0.1, -0.05) is 6.07 Å². The van der Waals surface area contributed by atoms with Crippen LogP contribution in [0.1, 0.15) is 13.8 Å². The molecule has 17 heavy (non-hydrogen) atoms. The SMILES string of the molecule is CC(C)N1CCN(c2cccc(NN)n2)CC1. The average Bonchev–Trinajstić information content (AvgIpc) is 2.39. The molecule has 1 aliphatic heterocycles. The number of nitrogen functional groups attached to an aromatic ring is 1. The van der Waals surface area contributed by atoms with Crippen molar-refractivity contribution in [1.29, 1.82) is 0 Å². The number of rotatable bonds is 3. The summed E-state index contributed by atoms with van der Waals surface area (Å²) in [7, 11) is 0. The van der Waals surface area contributed by atoms with Gasteiger partial charge in [-0.05, 0) is 26.0 Å². The quantitative estimate of drug-likeness (QED) is 0.602. The van der Waals surface area contributed by atoms with Gasteiger partial charge in [0.15, 0.2) is 0 Å². The molecule has 0 unspecified atom stereocenters. The Balaban J connectivity index is 2.00. The van der Waals surface area contributed by atoms with Gasteiger partial charge in [0.2, 0.25) is 0 Å². The lowest BCUT2D eigenvalue weighted by molar-refractivity contribution is 0.209. The van der Waals surface area contributed by atoms with E-state index in [9.17, 15) is 0 Å². The summed E-state index contributed by atoms with van der Waals surface area (Å²) >= 11 is 0. The first kappa shape index (κ1) is 12.1. The number of hydrogen-bond donors (Lipinski definition) is 2. The lowest BCUT2D eigenvalue weighted by Gasteiger charge is -2.37. The van der Waals surface area contributed by atoms with Crippen molar-refractivity contribution in [3.63, 3.8) is 0 Å². The second-order valence-electron chi connectivity index (χ2n) is 4.64. The highest BCUT2D eigenvalue weighted by Gasteiger charge is 2.19. The van der Waals surface area contributed by atoms with E-state index in [-0.39, 0.29) is 0 Å². The summed E-state index contributed by atoms with van der Waals surface area (Å²) in [6.45, 7) is 8.73. The van der Waals surface area contributed by atoms with Gasteiger partial charge in [-0.3, -0.25) is 4.90 Å². The predicted molar refractivity (Wildman–Crippen MR) is 71.0 cm³/mol. The van der Waals surface area contributed by atoms with E-state index in [4.69, 9.17) is 5.84 Å². The molecular formula is C12H21N5. The largest absolute Gasteiger partial charge is 0.354 e. The first-order chi connectivity index (χ1) is 8.20. The van der Waals surface area contributed by atoms with E-state index >= 15 is 0 Å². The minimum atomic E-state index is 0.627. The lowest BCUT2D eigenvalue weighted by atomic mass is 10.2. The van der Waals surface area contributed by atoms with Gasteiger partial charge in [-0.2, -0.15) is 0 Å². The minimum absolute atomic E-state index is 0.627. The summed E-state index contributed by atoms with van der Waals surface area (Å²) in [6.07, 6.45) is 0. The van der Waals surface area contributed by atoms with Crippen LogP contribution in [0.15, 0.2) is 18.2 Å². The number of nitrogens with one attached hydrogen (secondary N) is 1. The van der Waals surface area contributed by atoms with Gasteiger partial charge in [-0.25, -0.2) is 10.8 Å². The molecule has 94 valence electrons. The highest BCUT2D eigenvalue weighted by Crippen LogP contribution is 2.16. The van der Waals surface area contributed by atoms with Crippen LogP contribution in [0.2, 0.25) is 0 Å². The number of hydrazine groups is 1. The van der Waals surface area contributed by atoms with Crippen LogP contribution >= 0.6 is 0 Å². The van der Waals surface area contributed by atoms with Crippen LogP contribution in [0.4, 0.5) is 11.6 Å². The maximum absolute atomic E-state index is 5.37. The van der Waals surface area contributed by atoms with Gasteiger partial charge in [0.1, 0.15) is 11.6 Å². The molecule has 1 aliphatic rings. The summed E-state index contributed by atoms with van der Waals surface area (Å²) in [5, 5.41) is 0. The number of aromatic nitrogens is 1. The van der Waals surface area contributed by atoms with Crippen LogP contribution in [0.5, 0.6) is 0 Å². The number of pyridine rings is 1. The maximum Gasteiger partial charge on any atom is 0.142 e. The Labute approximate surface area is 103 Å². The molecule has 1 aromatic rings. The van der Waals surface area contributed by atoms with Crippen molar-refractivity contribution >= 4 is 11.6 Å². The molecule has 0 aromatic carbocycles. The Morgan fingerprint density at radius 2 is 1.94 bits per heavy atom. The maximum atomic E-state index is 5.37. The Hall–Kier alpha value is -1.33. The van der Waals surface area contributed by atoms with Crippen LogP contribution in [0.25, 0.3) is 0 Å². The summed E-state index contributed by atoms with van der Waals surface area (Å²) in [5.74, 6) is 7.09. The predicted octanol–water partition coefficient (Wildman–Crippen LogP) is 0.898. The van der Waals surface area contributed by atoms with Crippen molar-refractivity contribution in [3.8, 4) is 0 Å². The molecule has 2 rings (SSSR count). The van der Waals surface area contributed by atoms with Crippen molar-refractivity contribution < 1.29 is 0 Å². The van der Waals surface area contributed by atoms with Gasteiger partial charge in [0, 0.05) is 32.2 Å². The Morgan fingerprint density at radius 3 is 2.53 bits per heavy atom. The fraction of sp³-hybridized carbons (Fsp3) is 0.583. The molecule has 0 radical (unpaired) electrons. The summed E-state index contributed by atoms with van der Waals surface area (Å²) in [5.41, 5.74) is 2.59. The van der Waals surface area contributed by atoms with Crippen LogP contribution < -0.4 is 16.2 Å². The van der Waals surface area contributed by atoms with Crippen molar-refractivity contribution in [2.45, 2.75) is 19.9 Å². The van der Waals surface area contributed by atoms with Crippen molar-refractivity contribution in [2.24, 2.45) is 5.84 Å². The van der Waals surface area contributed by atoms with E-state index in [1.54, 1.807) is 0 Å². The molecule has 2 heterocycles. The molecule has 3 N–H and O–H groups in total. The average molecular weight is 235 g/mol. The van der Waals surface area contributed by atoms with E-state index in [1.807, 2.05) is 18.2 Å². The molecule has 5 heteroatoms. The van der Waals surface area contributed by atoms with Crippen molar-refractivity contribution in [1.82, 2.24) is 9.88 Å². The minimum Gasteiger partial charge on any atom is -0.354 e. The normalized spacial score (nSPS) is 17.5. The third kappa shape index (κ3) is 2.87. The highest BCUT2D eigenvalue weighted by molar-refractivity contribution is 5.46. The van der Waals surface area contributed by atoms with Gasteiger partial charge < -0.3 is 10.3 Å². The third-order valence-corrected chi connectivity index (χ3v) is 3.25. The van der Waals surface area contributed by atoms with Crippen molar-refractivity contribution in [2.75, 3.05) is 36.5 Å². The Kier molecular flexibility index (Phi) is 3.81. The van der Waals surface area contributed by atoms with Crippen LogP contribution in [0, 0.1) is 0 Å². The van der Waals surface area contributed by atoms with Gasteiger partial charge in [0.25, 0.3) is 0 Å². The Morgan fingerprint density at radius 1 is 1.24 bits per heavy atom. The van der Waals surface area contributed by atoms with E-state index < -0.39 is 0 Å². The van der Waals surface area contributed by atoms with E-state index in [1.165, 1.54) is 0 Å². The summed E-state index contributed by atoms with van der Waals surface area (Å²) < 4.78 is 0. The molecule has 5 nitrogen and oxygen atoms in total. The summed E-state index contributed by atoms with van der Waals surface area (Å²) in [4.78, 5) is 9.25. The van der Waals surface area contributed by atoms with Crippen LogP contribution in [-0.4, -0.2) is 42.1 Å². The zero-order chi connectivity index (χ0) is 12.3. The number of anilines is 2. The molecular weight excluding hydrogens is 214 g/mol. The standard InChI is InChI=1S/C12H21N5/c1-10(2)16-6-8-17(9-7-16)12-5-3-4-11(14-12)15-13/h3-5,10H,6-9,13H2,1-2H3,(H,14,15). The number of piperazine rings is 1. The highest BCUT2D eigenvalue weighted by atomic mass is 15.3. The number of nitrogens with two attached hydrogens (primary N) is 1. The molecule has 1 aromatic heterocycles. The van der Waals surface area contributed by atoms with Gasteiger partial charge in [-0.15, -0.1) is 0 Å². The van der Waals surface area contributed by atoms with E-state index in [0.29, 0.717) is 11.9 Å². The first-order valence-electron chi connectivity index (χ1n) is 6.13. The molecule has 0 atom stereocenters. The molecule has 0 saturated carbocycles. The van der Waals surface area contributed by atoms with Gasteiger partial charge >= 0.3 is 0 Å². The zero-order valence-corrected chi connectivity index (χ0v) is 10.6. The van der Waals surface area contributed by atoms with E-state index in [0.717, 1.165) is 32.0 Å².